The third-order valence-electron chi connectivity index (χ3n) is 1.73. The summed E-state index contributed by atoms with van der Waals surface area (Å²) in [5.41, 5.74) is 0. The number of alkyl halides is 2. The Balaban J connectivity index is 4.51. The molecule has 16 heavy (non-hydrogen) atoms. The van der Waals surface area contributed by atoms with Gasteiger partial charge in [0.2, 0.25) is 0 Å². The molecule has 0 aromatic rings. The third kappa shape index (κ3) is 8.09. The summed E-state index contributed by atoms with van der Waals surface area (Å²) in [6.45, 7) is 12.9. The zero-order chi connectivity index (χ0) is 13.0. The smallest absolute Gasteiger partial charge is 0.184 e. The molecule has 0 saturated heterocycles. The molecule has 0 aliphatic carbocycles. The van der Waals surface area contributed by atoms with E-state index in [0.717, 1.165) is 0 Å². The lowest BCUT2D eigenvalue weighted by atomic mass is 10.3. The normalized spacial score (nSPS) is 17.2. The Morgan fingerprint density at radius 3 is 1.12 bits per heavy atom. The second-order valence-electron chi connectivity index (χ2n) is 5.85. The van der Waals surface area contributed by atoms with Gasteiger partial charge in [-0.15, -0.1) is 23.2 Å². The van der Waals surface area contributed by atoms with Gasteiger partial charge in [-0.3, -0.25) is 0 Å². The van der Waals surface area contributed by atoms with E-state index in [1.165, 1.54) is 0 Å². The summed E-state index contributed by atoms with van der Waals surface area (Å²) < 4.78 is 12.0. The summed E-state index contributed by atoms with van der Waals surface area (Å²) in [6.07, 6.45) is -0.171. The summed E-state index contributed by atoms with van der Waals surface area (Å²) in [5.74, 6) is 0.873. The molecule has 0 radical (unpaired) electrons. The molecular weight excluding hydrogens is 279 g/mol. The van der Waals surface area contributed by atoms with Crippen LogP contribution in [0.5, 0.6) is 0 Å². The molecule has 0 rings (SSSR count). The van der Waals surface area contributed by atoms with Crippen LogP contribution < -0.4 is 0 Å². The maximum absolute atomic E-state index is 6.01. The molecule has 0 aromatic carbocycles. The van der Waals surface area contributed by atoms with Gasteiger partial charge in [0.05, 0.1) is 12.2 Å². The first-order valence-electron chi connectivity index (χ1n) is 5.56. The van der Waals surface area contributed by atoms with Crippen molar-refractivity contribution in [3.8, 4) is 0 Å². The second kappa shape index (κ2) is 6.76. The lowest BCUT2D eigenvalue weighted by molar-refractivity contribution is 0.0724. The highest BCUT2D eigenvalue weighted by molar-refractivity contribution is 6.70. The summed E-state index contributed by atoms with van der Waals surface area (Å²) in [4.78, 5) is 0. The molecule has 0 aliphatic heterocycles. The van der Waals surface area contributed by atoms with Gasteiger partial charge in [0.1, 0.15) is 0 Å². The molecule has 6 heteroatoms. The predicted molar refractivity (Wildman–Crippen MR) is 77.9 cm³/mol. The molecule has 0 amide bonds. The van der Waals surface area contributed by atoms with Crippen LogP contribution in [0.2, 0.25) is 39.3 Å². The van der Waals surface area contributed by atoms with Crippen molar-refractivity contribution in [1.82, 2.24) is 0 Å². The van der Waals surface area contributed by atoms with Crippen molar-refractivity contribution in [1.29, 1.82) is 0 Å². The van der Waals surface area contributed by atoms with Crippen molar-refractivity contribution in [2.45, 2.75) is 51.5 Å². The standard InChI is InChI=1S/C10H24Cl2O2Si2/c1-15(2,3)13-9(7-11)10(8-12)14-16(4,5)6/h9-10H,7-8H2,1-6H3. The van der Waals surface area contributed by atoms with Crippen LogP contribution in [0, 0.1) is 0 Å². The molecule has 2 atom stereocenters. The van der Waals surface area contributed by atoms with Gasteiger partial charge in [0, 0.05) is 11.8 Å². The number of rotatable bonds is 7. The van der Waals surface area contributed by atoms with Crippen LogP contribution in [0.1, 0.15) is 0 Å². The summed E-state index contributed by atoms with van der Waals surface area (Å²) in [7, 11) is -3.21. The zero-order valence-electron chi connectivity index (χ0n) is 11.1. The van der Waals surface area contributed by atoms with E-state index >= 15 is 0 Å². The lowest BCUT2D eigenvalue weighted by Gasteiger charge is -2.34. The Bertz CT molecular complexity index is 180. The topological polar surface area (TPSA) is 18.5 Å². The largest absolute Gasteiger partial charge is 0.411 e. The Labute approximate surface area is 112 Å². The first kappa shape index (κ1) is 16.9. The molecule has 0 aromatic heterocycles. The average Bonchev–Trinajstić information content (AvgIpc) is 2.07. The van der Waals surface area contributed by atoms with Gasteiger partial charge in [-0.1, -0.05) is 0 Å². The molecule has 0 heterocycles. The molecular formula is C10H24Cl2O2Si2. The minimum Gasteiger partial charge on any atom is -0.411 e. The first-order valence-corrected chi connectivity index (χ1v) is 13.4. The summed E-state index contributed by atoms with van der Waals surface area (Å²) >= 11 is 11.9. The maximum atomic E-state index is 6.01. The minimum atomic E-state index is -1.60. The van der Waals surface area contributed by atoms with Crippen molar-refractivity contribution in [2.24, 2.45) is 0 Å². The predicted octanol–water partition coefficient (Wildman–Crippen LogP) is 3.90. The summed E-state index contributed by atoms with van der Waals surface area (Å²) in [5, 5.41) is 0. The van der Waals surface area contributed by atoms with Gasteiger partial charge >= 0.3 is 0 Å². The summed E-state index contributed by atoms with van der Waals surface area (Å²) in [6, 6.07) is 0. The van der Waals surface area contributed by atoms with E-state index in [0.29, 0.717) is 11.8 Å². The first-order chi connectivity index (χ1) is 7.09. The molecule has 2 nitrogen and oxygen atoms in total. The molecule has 0 saturated carbocycles. The monoisotopic (exact) mass is 302 g/mol. The average molecular weight is 303 g/mol. The molecule has 2 unspecified atom stereocenters. The van der Waals surface area contributed by atoms with Crippen molar-refractivity contribution < 1.29 is 8.85 Å². The zero-order valence-corrected chi connectivity index (χ0v) is 14.7. The van der Waals surface area contributed by atoms with E-state index in [2.05, 4.69) is 39.3 Å². The van der Waals surface area contributed by atoms with Crippen LogP contribution >= 0.6 is 23.2 Å². The van der Waals surface area contributed by atoms with Crippen LogP contribution in [0.4, 0.5) is 0 Å². The molecule has 98 valence electrons. The van der Waals surface area contributed by atoms with Gasteiger partial charge in [-0.25, -0.2) is 0 Å². The number of hydrogen-bond acceptors (Lipinski definition) is 2. The van der Waals surface area contributed by atoms with E-state index in [-0.39, 0.29) is 12.2 Å². The molecule has 0 N–H and O–H groups in total. The highest BCUT2D eigenvalue weighted by Gasteiger charge is 2.31. The fraction of sp³-hybridized carbons (Fsp3) is 1.00. The quantitative estimate of drug-likeness (QED) is 0.524. The van der Waals surface area contributed by atoms with Gasteiger partial charge in [-0.05, 0) is 39.3 Å². The highest BCUT2D eigenvalue weighted by Crippen LogP contribution is 2.18. The van der Waals surface area contributed by atoms with Gasteiger partial charge < -0.3 is 8.85 Å². The Kier molecular flexibility index (Phi) is 7.15. The van der Waals surface area contributed by atoms with Crippen molar-refractivity contribution in [3.05, 3.63) is 0 Å². The minimum absolute atomic E-state index is 0.0856. The highest BCUT2D eigenvalue weighted by atomic mass is 35.5. The number of halogens is 2. The molecule has 0 bridgehead atoms. The van der Waals surface area contributed by atoms with Crippen LogP contribution in [-0.4, -0.2) is 40.6 Å². The van der Waals surface area contributed by atoms with Crippen molar-refractivity contribution in [2.75, 3.05) is 11.8 Å². The second-order valence-corrected chi connectivity index (χ2v) is 15.4. The molecule has 0 fully saturated rings. The Morgan fingerprint density at radius 1 is 0.750 bits per heavy atom. The maximum Gasteiger partial charge on any atom is 0.184 e. The van der Waals surface area contributed by atoms with Gasteiger partial charge in [0.15, 0.2) is 16.6 Å². The molecule has 0 aliphatic rings. The van der Waals surface area contributed by atoms with Crippen LogP contribution in [0.25, 0.3) is 0 Å². The van der Waals surface area contributed by atoms with Crippen LogP contribution in [-0.2, 0) is 8.85 Å². The molecule has 0 spiro atoms. The number of hydrogen-bond donors (Lipinski definition) is 0. The SMILES string of the molecule is C[Si](C)(C)OC(CCl)C(CCl)O[Si](C)(C)C. The fourth-order valence-corrected chi connectivity index (χ4v) is 4.34. The van der Waals surface area contributed by atoms with Crippen LogP contribution in [0.3, 0.4) is 0 Å². The lowest BCUT2D eigenvalue weighted by Crippen LogP contribution is -2.46. The van der Waals surface area contributed by atoms with E-state index in [1.54, 1.807) is 0 Å². The van der Waals surface area contributed by atoms with Crippen molar-refractivity contribution >= 4 is 39.8 Å². The van der Waals surface area contributed by atoms with E-state index in [9.17, 15) is 0 Å². The fourth-order valence-electron chi connectivity index (χ4n) is 1.32. The van der Waals surface area contributed by atoms with Gasteiger partial charge in [0.25, 0.3) is 0 Å². The van der Waals surface area contributed by atoms with E-state index in [1.807, 2.05) is 0 Å². The van der Waals surface area contributed by atoms with Crippen LogP contribution in [0.15, 0.2) is 0 Å². The Morgan fingerprint density at radius 2 is 1.00 bits per heavy atom. The third-order valence-corrected chi connectivity index (χ3v) is 4.36. The van der Waals surface area contributed by atoms with E-state index < -0.39 is 16.6 Å². The van der Waals surface area contributed by atoms with Gasteiger partial charge in [-0.2, -0.15) is 0 Å². The van der Waals surface area contributed by atoms with E-state index in [4.69, 9.17) is 32.1 Å². The Hall–Kier alpha value is 0.934. The van der Waals surface area contributed by atoms with Crippen molar-refractivity contribution in [3.63, 3.8) is 0 Å².